The summed E-state index contributed by atoms with van der Waals surface area (Å²) in [4.78, 5) is 8.75. The molecule has 124 valence electrons. The second-order valence-electron chi connectivity index (χ2n) is 6.66. The number of anilines is 2. The van der Waals surface area contributed by atoms with E-state index < -0.39 is 0 Å². The Morgan fingerprint density at radius 3 is 2.71 bits per heavy atom. The normalized spacial score (nSPS) is 23.5. The number of nitrogen functional groups attached to an aromatic ring is 1. The topological polar surface area (TPSA) is 83.5 Å². The van der Waals surface area contributed by atoms with Crippen molar-refractivity contribution in [2.24, 2.45) is 4.99 Å². The number of aliphatic hydroxyl groups excluding tert-OH is 1. The molecule has 0 bridgehead atoms. The fourth-order valence-corrected chi connectivity index (χ4v) is 3.54. The first-order chi connectivity index (χ1) is 11.7. The van der Waals surface area contributed by atoms with Crippen molar-refractivity contribution >= 4 is 34.2 Å². The zero-order valence-corrected chi connectivity index (χ0v) is 13.6. The fraction of sp³-hybridized carbons (Fsp3) is 0.368. The number of pyridine rings is 1. The van der Waals surface area contributed by atoms with E-state index in [-0.39, 0.29) is 6.10 Å². The molecule has 4 rings (SSSR count). The van der Waals surface area contributed by atoms with Crippen LogP contribution in [-0.2, 0) is 0 Å². The molecule has 5 heteroatoms. The first-order valence-corrected chi connectivity index (χ1v) is 8.53. The largest absolute Gasteiger partial charge is 0.393 e. The maximum atomic E-state index is 9.67. The van der Waals surface area contributed by atoms with E-state index in [1.807, 2.05) is 18.4 Å². The zero-order valence-electron chi connectivity index (χ0n) is 13.6. The summed E-state index contributed by atoms with van der Waals surface area (Å²) in [6, 6.07) is 8.60. The quantitative estimate of drug-likeness (QED) is 0.811. The molecule has 1 aliphatic carbocycles. The van der Waals surface area contributed by atoms with Crippen molar-refractivity contribution in [1.82, 2.24) is 4.98 Å². The van der Waals surface area contributed by atoms with Crippen LogP contribution in [0.15, 0.2) is 35.3 Å². The Kier molecular flexibility index (Phi) is 3.94. The van der Waals surface area contributed by atoms with Gasteiger partial charge in [0.2, 0.25) is 0 Å². The molecule has 1 aliphatic heterocycles. The molecular weight excluding hydrogens is 300 g/mol. The van der Waals surface area contributed by atoms with E-state index in [0.29, 0.717) is 11.9 Å². The van der Waals surface area contributed by atoms with Gasteiger partial charge in [0.1, 0.15) is 5.82 Å². The van der Waals surface area contributed by atoms with Crippen LogP contribution in [0.4, 0.5) is 11.5 Å². The van der Waals surface area contributed by atoms with E-state index in [0.717, 1.165) is 54.4 Å². The summed E-state index contributed by atoms with van der Waals surface area (Å²) in [7, 11) is 0. The maximum absolute atomic E-state index is 9.67. The van der Waals surface area contributed by atoms with Crippen molar-refractivity contribution in [3.63, 3.8) is 0 Å². The lowest BCUT2D eigenvalue weighted by atomic mass is 9.93. The maximum Gasteiger partial charge on any atom is 0.126 e. The van der Waals surface area contributed by atoms with E-state index in [4.69, 9.17) is 5.73 Å². The molecule has 0 atom stereocenters. The van der Waals surface area contributed by atoms with Gasteiger partial charge in [0.05, 0.1) is 18.2 Å². The van der Waals surface area contributed by atoms with Gasteiger partial charge in [-0.3, -0.25) is 4.99 Å². The molecule has 0 unspecified atom stereocenters. The van der Waals surface area contributed by atoms with Gasteiger partial charge in [-0.05, 0) is 49.0 Å². The minimum Gasteiger partial charge on any atom is -0.393 e. The van der Waals surface area contributed by atoms with Gasteiger partial charge >= 0.3 is 0 Å². The highest BCUT2D eigenvalue weighted by Crippen LogP contribution is 2.30. The lowest BCUT2D eigenvalue weighted by Crippen LogP contribution is -2.28. The number of hydrogen-bond donors (Lipinski definition) is 3. The summed E-state index contributed by atoms with van der Waals surface area (Å²) in [6.45, 7) is 0.726. The Morgan fingerprint density at radius 1 is 1.12 bits per heavy atom. The van der Waals surface area contributed by atoms with Crippen LogP contribution in [0, 0.1) is 0 Å². The zero-order chi connectivity index (χ0) is 16.5. The van der Waals surface area contributed by atoms with Crippen LogP contribution in [0.3, 0.4) is 0 Å². The lowest BCUT2D eigenvalue weighted by molar-refractivity contribution is 0.126. The van der Waals surface area contributed by atoms with Crippen LogP contribution in [0.2, 0.25) is 0 Å². The summed E-state index contributed by atoms with van der Waals surface area (Å²) in [5, 5.41) is 14.4. The second kappa shape index (κ2) is 6.24. The average Bonchev–Trinajstić information content (AvgIpc) is 3.11. The second-order valence-corrected chi connectivity index (χ2v) is 6.66. The SMILES string of the molecule is Nc1cc(NC2CCC(O)CC2)c2ccc(C3=CC=NC3)cc2n1. The molecule has 2 aromatic rings. The van der Waals surface area contributed by atoms with E-state index in [1.54, 1.807) is 0 Å². The fourth-order valence-electron chi connectivity index (χ4n) is 3.54. The smallest absolute Gasteiger partial charge is 0.126 e. The van der Waals surface area contributed by atoms with Crippen molar-refractivity contribution < 1.29 is 5.11 Å². The van der Waals surface area contributed by atoms with Crippen molar-refractivity contribution in [3.05, 3.63) is 35.9 Å². The summed E-state index contributed by atoms with van der Waals surface area (Å²) in [5.74, 6) is 0.523. The molecule has 0 spiro atoms. The minimum atomic E-state index is -0.147. The number of nitrogens with two attached hydrogens (primary N) is 1. The predicted molar refractivity (Wildman–Crippen MR) is 99.4 cm³/mol. The number of nitrogens with zero attached hydrogens (tertiary/aromatic N) is 2. The molecule has 2 aliphatic rings. The van der Waals surface area contributed by atoms with Gasteiger partial charge in [0.25, 0.3) is 0 Å². The van der Waals surface area contributed by atoms with E-state index in [9.17, 15) is 5.11 Å². The number of aromatic nitrogens is 1. The van der Waals surface area contributed by atoms with E-state index in [1.165, 1.54) is 5.57 Å². The van der Waals surface area contributed by atoms with Crippen molar-refractivity contribution in [2.45, 2.75) is 37.8 Å². The molecule has 5 nitrogen and oxygen atoms in total. The molecule has 0 amide bonds. The minimum absolute atomic E-state index is 0.147. The van der Waals surface area contributed by atoms with Gasteiger partial charge in [0, 0.05) is 29.4 Å². The third-order valence-electron chi connectivity index (χ3n) is 4.90. The monoisotopic (exact) mass is 322 g/mol. The Balaban J connectivity index is 1.65. The molecule has 1 aromatic carbocycles. The number of benzene rings is 1. The number of aliphatic imine (C=N–C) groups is 1. The number of fused-ring (bicyclic) bond motifs is 1. The van der Waals surface area contributed by atoms with Crippen LogP contribution in [0.25, 0.3) is 16.5 Å². The van der Waals surface area contributed by atoms with Crippen molar-refractivity contribution in [2.75, 3.05) is 17.6 Å². The molecule has 1 fully saturated rings. The Labute approximate surface area is 141 Å². The number of hydrogen-bond acceptors (Lipinski definition) is 5. The summed E-state index contributed by atoms with van der Waals surface area (Å²) in [5.41, 5.74) is 10.3. The van der Waals surface area contributed by atoms with Gasteiger partial charge in [0.15, 0.2) is 0 Å². The summed E-state index contributed by atoms with van der Waals surface area (Å²) < 4.78 is 0. The first kappa shape index (κ1) is 15.1. The van der Waals surface area contributed by atoms with Crippen LogP contribution in [0.5, 0.6) is 0 Å². The molecule has 4 N–H and O–H groups in total. The third kappa shape index (κ3) is 2.99. The molecule has 1 saturated carbocycles. The van der Waals surface area contributed by atoms with Crippen LogP contribution in [0.1, 0.15) is 31.2 Å². The number of allylic oxidation sites excluding steroid dienone is 1. The molecular formula is C19H22N4O. The number of aliphatic hydroxyl groups is 1. The summed E-state index contributed by atoms with van der Waals surface area (Å²) in [6.07, 6.45) is 7.41. The van der Waals surface area contributed by atoms with E-state index >= 15 is 0 Å². The Morgan fingerprint density at radius 2 is 1.96 bits per heavy atom. The third-order valence-corrected chi connectivity index (χ3v) is 4.90. The Hall–Kier alpha value is -2.40. The van der Waals surface area contributed by atoms with Gasteiger partial charge in [-0.15, -0.1) is 0 Å². The van der Waals surface area contributed by atoms with Gasteiger partial charge in [-0.2, -0.15) is 0 Å². The van der Waals surface area contributed by atoms with Crippen LogP contribution < -0.4 is 11.1 Å². The van der Waals surface area contributed by atoms with Crippen molar-refractivity contribution in [3.8, 4) is 0 Å². The molecule has 0 saturated heterocycles. The number of nitrogens with one attached hydrogen (secondary N) is 1. The van der Waals surface area contributed by atoms with Crippen molar-refractivity contribution in [1.29, 1.82) is 0 Å². The van der Waals surface area contributed by atoms with E-state index in [2.05, 4.69) is 33.5 Å². The molecule has 2 heterocycles. The average molecular weight is 322 g/mol. The number of rotatable bonds is 3. The molecule has 0 radical (unpaired) electrons. The lowest BCUT2D eigenvalue weighted by Gasteiger charge is -2.27. The Bertz CT molecular complexity index is 819. The van der Waals surface area contributed by atoms with Gasteiger partial charge < -0.3 is 16.2 Å². The van der Waals surface area contributed by atoms with Gasteiger partial charge in [-0.25, -0.2) is 4.98 Å². The highest BCUT2D eigenvalue weighted by Gasteiger charge is 2.20. The van der Waals surface area contributed by atoms with Gasteiger partial charge in [-0.1, -0.05) is 12.1 Å². The predicted octanol–water partition coefficient (Wildman–Crippen LogP) is 3.00. The standard InChI is InChI=1S/C19H22N4O/c20-19-10-18(22-14-2-4-15(24)5-3-14)16-6-1-12(9-17(16)23-19)13-7-8-21-11-13/h1,6-10,14-15,24H,2-5,11H2,(H3,20,22,23). The summed E-state index contributed by atoms with van der Waals surface area (Å²) >= 11 is 0. The van der Waals surface area contributed by atoms with Crippen LogP contribution >= 0.6 is 0 Å². The first-order valence-electron chi connectivity index (χ1n) is 8.53. The highest BCUT2D eigenvalue weighted by molar-refractivity contribution is 5.97. The molecule has 24 heavy (non-hydrogen) atoms. The van der Waals surface area contributed by atoms with Crippen LogP contribution in [-0.4, -0.2) is 35.0 Å². The molecule has 1 aromatic heterocycles. The highest BCUT2D eigenvalue weighted by atomic mass is 16.3.